The van der Waals surface area contributed by atoms with Crippen molar-refractivity contribution in [1.29, 1.82) is 0 Å². The molecule has 190 valence electrons. The van der Waals surface area contributed by atoms with Crippen LogP contribution in [0.15, 0.2) is 71.6 Å². The zero-order valence-corrected chi connectivity index (χ0v) is 22.0. The molecule has 4 aromatic rings. The van der Waals surface area contributed by atoms with Crippen molar-refractivity contribution in [2.75, 3.05) is 23.3 Å². The Kier molecular flexibility index (Phi) is 6.57. The second-order valence-corrected chi connectivity index (χ2v) is 11.4. The van der Waals surface area contributed by atoms with Gasteiger partial charge in [0.05, 0.1) is 24.2 Å². The number of methoxy groups -OCH3 is 1. The molecular formula is C26H24N4O5S2. The van der Waals surface area contributed by atoms with Crippen molar-refractivity contribution in [3.63, 3.8) is 0 Å². The van der Waals surface area contributed by atoms with Gasteiger partial charge in [-0.2, -0.15) is 0 Å². The molecule has 3 aromatic carbocycles. The van der Waals surface area contributed by atoms with Gasteiger partial charge in [-0.3, -0.25) is 14.4 Å². The van der Waals surface area contributed by atoms with Gasteiger partial charge < -0.3 is 9.47 Å². The van der Waals surface area contributed by atoms with E-state index in [-0.39, 0.29) is 16.6 Å². The quantitative estimate of drug-likeness (QED) is 0.388. The summed E-state index contributed by atoms with van der Waals surface area (Å²) in [6.45, 7) is 3.56. The van der Waals surface area contributed by atoms with Crippen LogP contribution in [0.1, 0.15) is 11.1 Å². The number of carbonyl (C=O) groups is 1. The van der Waals surface area contributed by atoms with E-state index in [1.807, 2.05) is 44.2 Å². The van der Waals surface area contributed by atoms with Gasteiger partial charge in [-0.25, -0.2) is 8.42 Å². The molecule has 0 spiro atoms. The van der Waals surface area contributed by atoms with E-state index < -0.39 is 22.0 Å². The lowest BCUT2D eigenvalue weighted by Gasteiger charge is -2.34. The maximum Gasteiger partial charge on any atom is 0.269 e. The van der Waals surface area contributed by atoms with Crippen LogP contribution in [0, 0.1) is 13.8 Å². The lowest BCUT2D eigenvalue weighted by molar-refractivity contribution is -0.122. The average molecular weight is 537 g/mol. The van der Waals surface area contributed by atoms with E-state index >= 15 is 0 Å². The van der Waals surface area contributed by atoms with Gasteiger partial charge in [0.15, 0.2) is 6.10 Å². The van der Waals surface area contributed by atoms with Crippen molar-refractivity contribution in [1.82, 2.24) is 10.2 Å². The fourth-order valence-corrected chi connectivity index (χ4v) is 6.09. The van der Waals surface area contributed by atoms with Crippen LogP contribution in [0.5, 0.6) is 11.5 Å². The molecule has 1 N–H and O–H groups in total. The predicted molar refractivity (Wildman–Crippen MR) is 142 cm³/mol. The SMILES string of the molecule is COc1ccc(-c2nnc(NC(=O)C3CN(S(=O)(=O)c4ccc(C)cc4)c4cc(C)ccc4O3)s2)cc1. The molecule has 5 rings (SSSR count). The zero-order valence-electron chi connectivity index (χ0n) is 20.3. The van der Waals surface area contributed by atoms with Gasteiger partial charge in [0, 0.05) is 5.56 Å². The van der Waals surface area contributed by atoms with E-state index in [0.717, 1.165) is 22.4 Å². The minimum atomic E-state index is -3.95. The highest BCUT2D eigenvalue weighted by molar-refractivity contribution is 7.92. The predicted octanol–water partition coefficient (Wildman–Crippen LogP) is 4.43. The first-order chi connectivity index (χ1) is 17.7. The van der Waals surface area contributed by atoms with Crippen LogP contribution in [-0.2, 0) is 14.8 Å². The summed E-state index contributed by atoms with van der Waals surface area (Å²) in [7, 11) is -2.36. The highest BCUT2D eigenvalue weighted by Gasteiger charge is 2.38. The van der Waals surface area contributed by atoms with E-state index in [1.165, 1.54) is 15.6 Å². The number of aryl methyl sites for hydroxylation is 2. The molecule has 2 heterocycles. The van der Waals surface area contributed by atoms with Gasteiger partial charge in [-0.05, 0) is 67.9 Å². The molecule has 9 nitrogen and oxygen atoms in total. The third-order valence-corrected chi connectivity index (χ3v) is 8.56. The van der Waals surface area contributed by atoms with Gasteiger partial charge in [0.2, 0.25) is 5.13 Å². The Hall–Kier alpha value is -3.96. The van der Waals surface area contributed by atoms with E-state index in [0.29, 0.717) is 16.4 Å². The molecule has 0 saturated heterocycles. The fourth-order valence-electron chi connectivity index (χ4n) is 3.87. The summed E-state index contributed by atoms with van der Waals surface area (Å²) < 4.78 is 39.6. The Balaban J connectivity index is 1.40. The first-order valence-corrected chi connectivity index (χ1v) is 13.7. The minimum absolute atomic E-state index is 0.139. The molecule has 1 aliphatic rings. The number of ether oxygens (including phenoxy) is 2. The molecule has 0 aliphatic carbocycles. The fraction of sp³-hybridized carbons (Fsp3) is 0.192. The molecule has 11 heteroatoms. The van der Waals surface area contributed by atoms with Crippen LogP contribution < -0.4 is 19.1 Å². The second kappa shape index (κ2) is 9.83. The maximum absolute atomic E-state index is 13.6. The second-order valence-electron chi connectivity index (χ2n) is 8.56. The first kappa shape index (κ1) is 24.7. The molecule has 0 fully saturated rings. The molecular weight excluding hydrogens is 512 g/mol. The third kappa shape index (κ3) is 5.00. The smallest absolute Gasteiger partial charge is 0.269 e. The van der Waals surface area contributed by atoms with Crippen LogP contribution in [0.4, 0.5) is 10.8 Å². The number of benzene rings is 3. The number of hydrogen-bond acceptors (Lipinski definition) is 8. The summed E-state index contributed by atoms with van der Waals surface area (Å²) in [4.78, 5) is 13.3. The van der Waals surface area contributed by atoms with E-state index in [9.17, 15) is 13.2 Å². The van der Waals surface area contributed by atoms with Crippen LogP contribution in [0.3, 0.4) is 0 Å². The Bertz CT molecular complexity index is 1550. The monoisotopic (exact) mass is 536 g/mol. The number of fused-ring (bicyclic) bond motifs is 1. The summed E-state index contributed by atoms with van der Waals surface area (Å²) >= 11 is 1.20. The van der Waals surface area contributed by atoms with Gasteiger partial charge >= 0.3 is 0 Å². The molecule has 1 aromatic heterocycles. The summed E-state index contributed by atoms with van der Waals surface area (Å²) in [5, 5.41) is 11.8. The Morgan fingerprint density at radius 1 is 1.03 bits per heavy atom. The molecule has 1 aliphatic heterocycles. The van der Waals surface area contributed by atoms with Gasteiger partial charge in [-0.1, -0.05) is 35.1 Å². The number of carbonyl (C=O) groups excluding carboxylic acids is 1. The number of hydrogen-bond donors (Lipinski definition) is 1. The number of amides is 1. The highest BCUT2D eigenvalue weighted by Crippen LogP contribution is 2.38. The number of sulfonamides is 1. The lowest BCUT2D eigenvalue weighted by atomic mass is 10.1. The normalized spacial score (nSPS) is 15.0. The summed E-state index contributed by atoms with van der Waals surface area (Å²) in [6, 6.07) is 19.1. The van der Waals surface area contributed by atoms with Crippen molar-refractivity contribution in [2.45, 2.75) is 24.8 Å². The van der Waals surface area contributed by atoms with Crippen molar-refractivity contribution in [2.24, 2.45) is 0 Å². The molecule has 0 saturated carbocycles. The Morgan fingerprint density at radius 2 is 1.73 bits per heavy atom. The molecule has 37 heavy (non-hydrogen) atoms. The number of nitrogens with zero attached hydrogens (tertiary/aromatic N) is 3. The Labute approximate surface area is 218 Å². The number of anilines is 2. The molecule has 1 amide bonds. The highest BCUT2D eigenvalue weighted by atomic mass is 32.2. The van der Waals surface area contributed by atoms with Crippen LogP contribution in [0.25, 0.3) is 10.6 Å². The topological polar surface area (TPSA) is 111 Å². The van der Waals surface area contributed by atoms with E-state index in [2.05, 4.69) is 15.5 Å². The largest absolute Gasteiger partial charge is 0.497 e. The lowest BCUT2D eigenvalue weighted by Crippen LogP contribution is -2.48. The molecule has 1 atom stereocenters. The van der Waals surface area contributed by atoms with E-state index in [1.54, 1.807) is 43.5 Å². The maximum atomic E-state index is 13.6. The standard InChI is InChI=1S/C26H24N4O5S2/c1-16-4-11-20(12-5-16)37(32,33)30-15-23(35-22-13-6-17(2)14-21(22)30)24(31)27-26-29-28-25(36-26)18-7-9-19(34-3)10-8-18/h4-14,23H,15H2,1-3H3,(H,27,29,31). The van der Waals surface area contributed by atoms with Crippen molar-refractivity contribution >= 4 is 38.1 Å². The van der Waals surface area contributed by atoms with Crippen LogP contribution in [0.2, 0.25) is 0 Å². The van der Waals surface area contributed by atoms with Crippen LogP contribution >= 0.6 is 11.3 Å². The summed E-state index contributed by atoms with van der Waals surface area (Å²) in [5.74, 6) is 0.508. The van der Waals surface area contributed by atoms with Gasteiger partial charge in [-0.15, -0.1) is 10.2 Å². The Morgan fingerprint density at radius 3 is 2.43 bits per heavy atom. The number of nitrogens with one attached hydrogen (secondary N) is 1. The summed E-state index contributed by atoms with van der Waals surface area (Å²) in [6.07, 6.45) is -1.09. The number of aromatic nitrogens is 2. The molecule has 0 radical (unpaired) electrons. The third-order valence-electron chi connectivity index (χ3n) is 5.88. The van der Waals surface area contributed by atoms with Gasteiger partial charge in [0.1, 0.15) is 16.5 Å². The zero-order chi connectivity index (χ0) is 26.2. The molecule has 0 bridgehead atoms. The molecule has 1 unspecified atom stereocenters. The van der Waals surface area contributed by atoms with Gasteiger partial charge in [0.25, 0.3) is 15.9 Å². The van der Waals surface area contributed by atoms with Crippen molar-refractivity contribution < 1.29 is 22.7 Å². The summed E-state index contributed by atoms with van der Waals surface area (Å²) in [5.41, 5.74) is 3.03. The minimum Gasteiger partial charge on any atom is -0.497 e. The van der Waals surface area contributed by atoms with E-state index in [4.69, 9.17) is 9.47 Å². The average Bonchev–Trinajstić information content (AvgIpc) is 3.36. The number of rotatable bonds is 6. The van der Waals surface area contributed by atoms with Crippen LogP contribution in [-0.4, -0.2) is 44.3 Å². The van der Waals surface area contributed by atoms with Crippen molar-refractivity contribution in [3.05, 3.63) is 77.9 Å². The van der Waals surface area contributed by atoms with Crippen molar-refractivity contribution in [3.8, 4) is 22.1 Å². The first-order valence-electron chi connectivity index (χ1n) is 11.4.